The number of hydrogen-bond acceptors (Lipinski definition) is 4. The number of thiazole rings is 1. The first kappa shape index (κ1) is 11.5. The van der Waals surface area contributed by atoms with Crippen LogP contribution in [0.1, 0.15) is 25.0 Å². The van der Waals surface area contributed by atoms with Gasteiger partial charge in [-0.3, -0.25) is 5.41 Å². The second kappa shape index (κ2) is 5.98. The molecule has 0 aliphatic heterocycles. The van der Waals surface area contributed by atoms with Gasteiger partial charge in [-0.2, -0.15) is 5.26 Å². The summed E-state index contributed by atoms with van der Waals surface area (Å²) >= 11 is 1.43. The maximum absolute atomic E-state index is 8.36. The van der Waals surface area contributed by atoms with Crippen molar-refractivity contribution in [3.63, 3.8) is 0 Å². The summed E-state index contributed by atoms with van der Waals surface area (Å²) in [6.45, 7) is 0. The van der Waals surface area contributed by atoms with Crippen LogP contribution >= 0.6 is 11.3 Å². The van der Waals surface area contributed by atoms with Crippen LogP contribution in [0.3, 0.4) is 0 Å². The molecule has 1 aromatic heterocycles. The standard InChI is InChI=1S/C9H13N5S/c10-5-3-1-2-4-7-6-15-9(13-7)14-8(11)12/h6H,1-4H2,(H4,11,12,13,14). The Morgan fingerprint density at radius 1 is 1.67 bits per heavy atom. The van der Waals surface area contributed by atoms with Gasteiger partial charge in [0.05, 0.1) is 11.8 Å². The van der Waals surface area contributed by atoms with Crippen molar-refractivity contribution in [3.8, 4) is 6.07 Å². The van der Waals surface area contributed by atoms with Gasteiger partial charge in [0.2, 0.25) is 0 Å². The van der Waals surface area contributed by atoms with Gasteiger partial charge in [-0.05, 0) is 19.3 Å². The predicted octanol–water partition coefficient (Wildman–Crippen LogP) is 1.68. The molecule has 0 fully saturated rings. The Kier molecular flexibility index (Phi) is 4.57. The average molecular weight is 223 g/mol. The lowest BCUT2D eigenvalue weighted by atomic mass is 10.2. The second-order valence-electron chi connectivity index (χ2n) is 3.05. The summed E-state index contributed by atoms with van der Waals surface area (Å²) in [5.74, 6) is -0.0969. The van der Waals surface area contributed by atoms with E-state index in [2.05, 4.69) is 16.4 Å². The van der Waals surface area contributed by atoms with Gasteiger partial charge in [0.25, 0.3) is 0 Å². The van der Waals surface area contributed by atoms with Crippen LogP contribution in [-0.4, -0.2) is 10.9 Å². The molecule has 80 valence electrons. The number of aryl methyl sites for hydroxylation is 1. The zero-order chi connectivity index (χ0) is 11.1. The largest absolute Gasteiger partial charge is 0.370 e. The minimum Gasteiger partial charge on any atom is -0.370 e. The van der Waals surface area contributed by atoms with Gasteiger partial charge in [-0.25, -0.2) is 4.98 Å². The lowest BCUT2D eigenvalue weighted by Gasteiger charge is -1.96. The molecule has 15 heavy (non-hydrogen) atoms. The summed E-state index contributed by atoms with van der Waals surface area (Å²) in [5.41, 5.74) is 6.16. The summed E-state index contributed by atoms with van der Waals surface area (Å²) in [7, 11) is 0. The molecule has 6 heteroatoms. The predicted molar refractivity (Wildman–Crippen MR) is 60.8 cm³/mol. The maximum atomic E-state index is 8.36. The first-order valence-corrected chi connectivity index (χ1v) is 5.52. The molecule has 0 amide bonds. The SMILES string of the molecule is N#CCCCCc1csc(NC(=N)N)n1. The van der Waals surface area contributed by atoms with Gasteiger partial charge in [0.15, 0.2) is 11.1 Å². The van der Waals surface area contributed by atoms with E-state index >= 15 is 0 Å². The van der Waals surface area contributed by atoms with Gasteiger partial charge in [-0.15, -0.1) is 11.3 Å². The zero-order valence-electron chi connectivity index (χ0n) is 8.29. The Morgan fingerprint density at radius 3 is 3.13 bits per heavy atom. The van der Waals surface area contributed by atoms with Crippen molar-refractivity contribution in [2.24, 2.45) is 5.73 Å². The highest BCUT2D eigenvalue weighted by molar-refractivity contribution is 7.13. The van der Waals surface area contributed by atoms with Gasteiger partial charge in [-0.1, -0.05) is 0 Å². The number of nitrogens with one attached hydrogen (secondary N) is 2. The zero-order valence-corrected chi connectivity index (χ0v) is 9.10. The lowest BCUT2D eigenvalue weighted by molar-refractivity contribution is 0.743. The molecule has 1 aromatic rings. The highest BCUT2D eigenvalue weighted by Crippen LogP contribution is 2.16. The van der Waals surface area contributed by atoms with Crippen molar-refractivity contribution in [3.05, 3.63) is 11.1 Å². The minimum absolute atomic E-state index is 0.0969. The number of hydrogen-bond donors (Lipinski definition) is 3. The molecule has 1 heterocycles. The van der Waals surface area contributed by atoms with E-state index in [0.717, 1.165) is 25.0 Å². The Balaban J connectivity index is 2.33. The van der Waals surface area contributed by atoms with Gasteiger partial charge < -0.3 is 11.1 Å². The summed E-state index contributed by atoms with van der Waals surface area (Å²) in [6.07, 6.45) is 3.35. The smallest absolute Gasteiger partial charge is 0.192 e. The number of unbranched alkanes of at least 4 members (excludes halogenated alkanes) is 2. The minimum atomic E-state index is -0.0969. The Morgan fingerprint density at radius 2 is 2.47 bits per heavy atom. The fraction of sp³-hybridized carbons (Fsp3) is 0.444. The summed E-state index contributed by atoms with van der Waals surface area (Å²) in [5, 5.41) is 20.6. The van der Waals surface area contributed by atoms with E-state index in [4.69, 9.17) is 16.4 Å². The van der Waals surface area contributed by atoms with Crippen molar-refractivity contribution in [2.45, 2.75) is 25.7 Å². The molecule has 0 unspecified atom stereocenters. The number of rotatable bonds is 5. The molecule has 0 radical (unpaired) electrons. The van der Waals surface area contributed by atoms with Crippen molar-refractivity contribution in [2.75, 3.05) is 5.32 Å². The van der Waals surface area contributed by atoms with Crippen LogP contribution in [0.25, 0.3) is 0 Å². The second-order valence-corrected chi connectivity index (χ2v) is 3.91. The van der Waals surface area contributed by atoms with E-state index in [0.29, 0.717) is 11.6 Å². The van der Waals surface area contributed by atoms with Crippen LogP contribution in [-0.2, 0) is 6.42 Å². The molecule has 1 rings (SSSR count). The van der Waals surface area contributed by atoms with Crippen LogP contribution < -0.4 is 11.1 Å². The summed E-state index contributed by atoms with van der Waals surface area (Å²) in [4.78, 5) is 4.25. The Bertz CT molecular complexity index is 365. The van der Waals surface area contributed by atoms with Crippen molar-refractivity contribution in [1.29, 1.82) is 10.7 Å². The normalized spacial score (nSPS) is 9.53. The summed E-state index contributed by atoms with van der Waals surface area (Å²) < 4.78 is 0. The Hall–Kier alpha value is -1.61. The molecular weight excluding hydrogens is 210 g/mol. The van der Waals surface area contributed by atoms with E-state index in [-0.39, 0.29) is 5.96 Å². The molecule has 0 spiro atoms. The van der Waals surface area contributed by atoms with Crippen LogP contribution in [0.2, 0.25) is 0 Å². The van der Waals surface area contributed by atoms with Crippen LogP contribution in [0, 0.1) is 16.7 Å². The first-order valence-electron chi connectivity index (χ1n) is 4.65. The average Bonchev–Trinajstić information content (AvgIpc) is 2.59. The monoisotopic (exact) mass is 223 g/mol. The first-order chi connectivity index (χ1) is 7.22. The van der Waals surface area contributed by atoms with Crippen LogP contribution in [0.4, 0.5) is 5.13 Å². The fourth-order valence-electron chi connectivity index (χ4n) is 1.10. The van der Waals surface area contributed by atoms with E-state index < -0.39 is 0 Å². The van der Waals surface area contributed by atoms with Crippen LogP contribution in [0.5, 0.6) is 0 Å². The maximum Gasteiger partial charge on any atom is 0.192 e. The molecule has 0 saturated carbocycles. The number of anilines is 1. The Labute approximate surface area is 92.4 Å². The number of nitrogens with two attached hydrogens (primary N) is 1. The quantitative estimate of drug-likeness (QED) is 0.402. The van der Waals surface area contributed by atoms with E-state index in [1.54, 1.807) is 0 Å². The van der Waals surface area contributed by atoms with E-state index in [9.17, 15) is 0 Å². The molecule has 0 aromatic carbocycles. The molecule has 5 nitrogen and oxygen atoms in total. The molecule has 4 N–H and O–H groups in total. The molecule has 0 aliphatic carbocycles. The van der Waals surface area contributed by atoms with Crippen molar-refractivity contribution >= 4 is 22.4 Å². The van der Waals surface area contributed by atoms with E-state index in [1.165, 1.54) is 11.3 Å². The number of nitriles is 1. The lowest BCUT2D eigenvalue weighted by Crippen LogP contribution is -2.20. The molecule has 0 bridgehead atoms. The number of nitrogens with zero attached hydrogens (tertiary/aromatic N) is 2. The van der Waals surface area contributed by atoms with Gasteiger partial charge in [0, 0.05) is 11.8 Å². The third-order valence-electron chi connectivity index (χ3n) is 1.76. The van der Waals surface area contributed by atoms with E-state index in [1.807, 2.05) is 5.38 Å². The molecule has 0 saturated heterocycles. The topological polar surface area (TPSA) is 98.6 Å². The third-order valence-corrected chi connectivity index (χ3v) is 2.57. The fourth-order valence-corrected chi connectivity index (χ4v) is 1.86. The molecule has 0 aliphatic rings. The molecular formula is C9H13N5S. The third kappa shape index (κ3) is 4.42. The van der Waals surface area contributed by atoms with Gasteiger partial charge in [0.1, 0.15) is 0 Å². The van der Waals surface area contributed by atoms with Gasteiger partial charge >= 0.3 is 0 Å². The highest BCUT2D eigenvalue weighted by Gasteiger charge is 2.01. The molecule has 0 atom stereocenters. The number of aromatic nitrogens is 1. The summed E-state index contributed by atoms with van der Waals surface area (Å²) in [6, 6.07) is 2.11. The highest BCUT2D eigenvalue weighted by atomic mass is 32.1. The number of guanidine groups is 1. The van der Waals surface area contributed by atoms with Crippen LogP contribution in [0.15, 0.2) is 5.38 Å². The van der Waals surface area contributed by atoms with Crippen molar-refractivity contribution < 1.29 is 0 Å². The van der Waals surface area contributed by atoms with Crippen molar-refractivity contribution in [1.82, 2.24) is 4.98 Å².